The Labute approximate surface area is 89.1 Å². The van der Waals surface area contributed by atoms with Gasteiger partial charge in [-0.05, 0) is 36.9 Å². The Morgan fingerprint density at radius 3 is 2.67 bits per heavy atom. The van der Waals surface area contributed by atoms with Crippen LogP contribution in [0.4, 0.5) is 10.1 Å². The van der Waals surface area contributed by atoms with Gasteiger partial charge in [0.15, 0.2) is 5.82 Å². The summed E-state index contributed by atoms with van der Waals surface area (Å²) in [5.41, 5.74) is 3.31. The van der Waals surface area contributed by atoms with Crippen LogP contribution in [0.1, 0.15) is 25.0 Å². The average molecular weight is 205 g/mol. The predicted molar refractivity (Wildman–Crippen MR) is 61.7 cm³/mol. The van der Waals surface area contributed by atoms with Crippen LogP contribution in [-0.2, 0) is 6.42 Å². The smallest absolute Gasteiger partial charge is 0.214 e. The van der Waals surface area contributed by atoms with Crippen LogP contribution in [-0.4, -0.2) is 18.0 Å². The number of benzene rings is 1. The SMILES string of the molecule is CCc1c(O)c(C)c2c(c1F)N=C(C)B2. The first kappa shape index (κ1) is 10.2. The third kappa shape index (κ3) is 1.36. The summed E-state index contributed by atoms with van der Waals surface area (Å²) in [7, 11) is 0.648. The average Bonchev–Trinajstić information content (AvgIpc) is 2.58. The Balaban J connectivity index is 2.75. The molecule has 0 bridgehead atoms. The van der Waals surface area contributed by atoms with Crippen LogP contribution in [0, 0.1) is 12.7 Å². The van der Waals surface area contributed by atoms with Crippen molar-refractivity contribution in [3.8, 4) is 5.75 Å². The highest BCUT2D eigenvalue weighted by Crippen LogP contribution is 2.32. The van der Waals surface area contributed by atoms with Gasteiger partial charge < -0.3 is 5.11 Å². The number of hydrogen-bond acceptors (Lipinski definition) is 2. The Morgan fingerprint density at radius 2 is 2.07 bits per heavy atom. The van der Waals surface area contributed by atoms with Gasteiger partial charge in [0.05, 0.1) is 5.69 Å². The van der Waals surface area contributed by atoms with Crippen molar-refractivity contribution in [1.82, 2.24) is 0 Å². The lowest BCUT2D eigenvalue weighted by molar-refractivity contribution is 0.457. The fraction of sp³-hybridized carbons (Fsp3) is 0.364. The van der Waals surface area contributed by atoms with Crippen molar-refractivity contribution in [2.24, 2.45) is 4.99 Å². The normalized spacial score (nSPS) is 13.5. The van der Waals surface area contributed by atoms with Crippen molar-refractivity contribution in [2.75, 3.05) is 0 Å². The summed E-state index contributed by atoms with van der Waals surface area (Å²) in [5, 5.41) is 9.84. The summed E-state index contributed by atoms with van der Waals surface area (Å²) in [5.74, 6) is -0.258. The maximum absolute atomic E-state index is 13.9. The van der Waals surface area contributed by atoms with Gasteiger partial charge in [0, 0.05) is 5.56 Å². The molecule has 0 spiro atoms. The van der Waals surface area contributed by atoms with E-state index in [1.807, 2.05) is 20.8 Å². The molecule has 0 saturated heterocycles. The molecule has 0 radical (unpaired) electrons. The predicted octanol–water partition coefficient (Wildman–Crippen LogP) is 1.53. The van der Waals surface area contributed by atoms with E-state index in [4.69, 9.17) is 0 Å². The highest BCUT2D eigenvalue weighted by atomic mass is 19.1. The Hall–Kier alpha value is -1.32. The van der Waals surface area contributed by atoms with Crippen molar-refractivity contribution >= 4 is 24.0 Å². The van der Waals surface area contributed by atoms with E-state index in [0.29, 0.717) is 25.0 Å². The van der Waals surface area contributed by atoms with Crippen molar-refractivity contribution < 1.29 is 9.50 Å². The summed E-state index contributed by atoms with van der Waals surface area (Å²) in [6.45, 7) is 5.53. The first-order chi connectivity index (χ1) is 7.06. The first-order valence-corrected chi connectivity index (χ1v) is 5.13. The molecule has 1 aliphatic rings. The van der Waals surface area contributed by atoms with Crippen molar-refractivity contribution in [3.63, 3.8) is 0 Å². The summed E-state index contributed by atoms with van der Waals surface area (Å²) >= 11 is 0. The highest BCUT2D eigenvalue weighted by molar-refractivity contribution is 6.88. The van der Waals surface area contributed by atoms with Gasteiger partial charge in [0.25, 0.3) is 0 Å². The van der Waals surface area contributed by atoms with E-state index in [0.717, 1.165) is 16.6 Å². The molecule has 0 fully saturated rings. The summed E-state index contributed by atoms with van der Waals surface area (Å²) in [6, 6.07) is 0. The zero-order valence-corrected chi connectivity index (χ0v) is 9.19. The largest absolute Gasteiger partial charge is 0.507 e. The lowest BCUT2D eigenvalue weighted by Crippen LogP contribution is -2.20. The molecule has 1 N–H and O–H groups in total. The fourth-order valence-electron chi connectivity index (χ4n) is 2.07. The maximum atomic E-state index is 13.9. The third-order valence-corrected chi connectivity index (χ3v) is 2.94. The molecule has 0 aliphatic carbocycles. The molecule has 2 rings (SSSR count). The van der Waals surface area contributed by atoms with Crippen molar-refractivity contribution in [3.05, 3.63) is 16.9 Å². The molecule has 0 saturated carbocycles. The van der Waals surface area contributed by atoms with E-state index in [2.05, 4.69) is 4.99 Å². The second-order valence-electron chi connectivity index (χ2n) is 3.97. The van der Waals surface area contributed by atoms with E-state index in [1.165, 1.54) is 0 Å². The van der Waals surface area contributed by atoms with Crippen LogP contribution in [0.2, 0.25) is 0 Å². The molecule has 2 nitrogen and oxygen atoms in total. The topological polar surface area (TPSA) is 32.6 Å². The number of halogens is 1. The highest BCUT2D eigenvalue weighted by Gasteiger charge is 2.25. The number of fused-ring (bicyclic) bond motifs is 1. The van der Waals surface area contributed by atoms with Gasteiger partial charge in [-0.3, -0.25) is 4.99 Å². The summed E-state index contributed by atoms with van der Waals surface area (Å²) in [6.07, 6.45) is 0.486. The quantitative estimate of drug-likeness (QED) is 0.692. The number of phenolic OH excluding ortho intramolecular Hbond substituents is 1. The van der Waals surface area contributed by atoms with Gasteiger partial charge in [-0.15, -0.1) is 0 Å². The molecular formula is C11H13BFNO. The first-order valence-electron chi connectivity index (χ1n) is 5.13. The number of aromatic hydroxyl groups is 1. The molecule has 1 aliphatic heterocycles. The van der Waals surface area contributed by atoms with E-state index in [-0.39, 0.29) is 11.6 Å². The Bertz CT molecular complexity index is 468. The molecule has 1 aromatic carbocycles. The minimum absolute atomic E-state index is 0.0960. The van der Waals surface area contributed by atoms with Gasteiger partial charge >= 0.3 is 0 Å². The van der Waals surface area contributed by atoms with E-state index in [1.54, 1.807) is 0 Å². The molecule has 0 atom stereocenters. The number of rotatable bonds is 1. The van der Waals surface area contributed by atoms with Gasteiger partial charge in [-0.25, -0.2) is 4.39 Å². The molecule has 4 heteroatoms. The second kappa shape index (κ2) is 3.37. The summed E-state index contributed by atoms with van der Waals surface area (Å²) in [4.78, 5) is 4.19. The zero-order valence-electron chi connectivity index (χ0n) is 9.19. The minimum Gasteiger partial charge on any atom is -0.507 e. The van der Waals surface area contributed by atoms with E-state index < -0.39 is 0 Å². The zero-order chi connectivity index (χ0) is 11.2. The van der Waals surface area contributed by atoms with Crippen LogP contribution in [0.5, 0.6) is 5.75 Å². The molecular weight excluding hydrogens is 192 g/mol. The Morgan fingerprint density at radius 1 is 1.40 bits per heavy atom. The van der Waals surface area contributed by atoms with Crippen LogP contribution in [0.15, 0.2) is 4.99 Å². The van der Waals surface area contributed by atoms with Crippen molar-refractivity contribution in [2.45, 2.75) is 27.2 Å². The van der Waals surface area contributed by atoms with Crippen LogP contribution >= 0.6 is 0 Å². The lowest BCUT2D eigenvalue weighted by atomic mass is 9.65. The van der Waals surface area contributed by atoms with Crippen molar-refractivity contribution in [1.29, 1.82) is 0 Å². The molecule has 1 aromatic rings. The van der Waals surface area contributed by atoms with Gasteiger partial charge in [0.1, 0.15) is 5.75 Å². The minimum atomic E-state index is -0.354. The molecule has 15 heavy (non-hydrogen) atoms. The third-order valence-electron chi connectivity index (χ3n) is 2.94. The monoisotopic (exact) mass is 205 g/mol. The number of phenols is 1. The molecule has 0 amide bonds. The molecule has 78 valence electrons. The second-order valence-corrected chi connectivity index (χ2v) is 3.97. The molecule has 1 heterocycles. The molecule has 0 unspecified atom stereocenters. The van der Waals surface area contributed by atoms with Gasteiger partial charge in [-0.2, -0.15) is 0 Å². The van der Waals surface area contributed by atoms with E-state index >= 15 is 0 Å². The number of hydrogen-bond donors (Lipinski definition) is 1. The van der Waals surface area contributed by atoms with Gasteiger partial charge in [-0.1, -0.05) is 6.92 Å². The maximum Gasteiger partial charge on any atom is 0.214 e. The van der Waals surface area contributed by atoms with Crippen LogP contribution in [0.3, 0.4) is 0 Å². The van der Waals surface area contributed by atoms with E-state index in [9.17, 15) is 9.50 Å². The molecule has 0 aromatic heterocycles. The summed E-state index contributed by atoms with van der Waals surface area (Å²) < 4.78 is 13.9. The van der Waals surface area contributed by atoms with Gasteiger partial charge in [0.2, 0.25) is 7.28 Å². The number of aliphatic imine (C=N–C) groups is 1. The Kier molecular flexibility index (Phi) is 2.29. The lowest BCUT2D eigenvalue weighted by Gasteiger charge is -2.11. The van der Waals surface area contributed by atoms with Crippen LogP contribution in [0.25, 0.3) is 0 Å². The standard InChI is InChI=1S/C11H13BFNO/c1-4-7-9(13)10-8(5(2)11(7)15)12-6(3)14-10/h12,15H,4H2,1-3H3. The van der Waals surface area contributed by atoms with Crippen LogP contribution < -0.4 is 5.46 Å². The number of nitrogens with zero attached hydrogens (tertiary/aromatic N) is 1. The fourth-order valence-corrected chi connectivity index (χ4v) is 2.07.